The summed E-state index contributed by atoms with van der Waals surface area (Å²) in [6, 6.07) is 8.00. The van der Waals surface area contributed by atoms with Gasteiger partial charge in [-0.3, -0.25) is 4.79 Å². The zero-order valence-electron chi connectivity index (χ0n) is 22.5. The summed E-state index contributed by atoms with van der Waals surface area (Å²) in [4.78, 5) is 29.2. The smallest absolute Gasteiger partial charge is 0.430 e. The summed E-state index contributed by atoms with van der Waals surface area (Å²) in [6.45, 7) is 4.10. The van der Waals surface area contributed by atoms with Crippen molar-refractivity contribution in [3.8, 4) is 11.8 Å². The number of carboxylic acids is 1. The van der Waals surface area contributed by atoms with Crippen molar-refractivity contribution in [1.29, 1.82) is 5.26 Å². The summed E-state index contributed by atoms with van der Waals surface area (Å²) in [5.41, 5.74) is 2.27. The van der Waals surface area contributed by atoms with Gasteiger partial charge in [0.05, 0.1) is 30.8 Å². The third-order valence-corrected chi connectivity index (χ3v) is 7.29. The zero-order valence-corrected chi connectivity index (χ0v) is 22.5. The molecule has 2 atom stereocenters. The van der Waals surface area contributed by atoms with E-state index in [4.69, 9.17) is 14.6 Å². The average Bonchev–Trinajstić information content (AvgIpc) is 3.39. The lowest BCUT2D eigenvalue weighted by Crippen LogP contribution is -2.49. The van der Waals surface area contributed by atoms with Gasteiger partial charge in [0, 0.05) is 32.1 Å². The Balaban J connectivity index is 0.000000517. The highest BCUT2D eigenvalue weighted by molar-refractivity contribution is 5.93. The van der Waals surface area contributed by atoms with Crippen molar-refractivity contribution >= 4 is 28.5 Å². The molecule has 0 unspecified atom stereocenters. The molecule has 1 aromatic carbocycles. The second-order valence-corrected chi connectivity index (χ2v) is 9.86. The topological polar surface area (TPSA) is 142 Å². The zero-order chi connectivity index (χ0) is 30.8. The van der Waals surface area contributed by atoms with E-state index >= 15 is 0 Å². The highest BCUT2D eigenvalue weighted by Crippen LogP contribution is 2.35. The van der Waals surface area contributed by atoms with Crippen LogP contribution in [-0.2, 0) is 22.7 Å². The van der Waals surface area contributed by atoms with Crippen LogP contribution in [0.2, 0.25) is 0 Å². The molecule has 0 bridgehead atoms. The van der Waals surface area contributed by atoms with Crippen LogP contribution < -0.4 is 19.7 Å². The van der Waals surface area contributed by atoms with Gasteiger partial charge in [0.2, 0.25) is 11.4 Å². The van der Waals surface area contributed by atoms with Gasteiger partial charge in [-0.05, 0) is 24.5 Å². The number of fused-ring (bicyclic) bond motifs is 2. The maximum atomic E-state index is 13.4. The summed E-state index contributed by atoms with van der Waals surface area (Å²) in [7, 11) is 1.61. The molecule has 11 nitrogen and oxygen atoms in total. The molecule has 1 N–H and O–H groups in total. The maximum absolute atomic E-state index is 13.4. The number of piperidine rings is 1. The van der Waals surface area contributed by atoms with E-state index in [1.54, 1.807) is 18.2 Å². The van der Waals surface area contributed by atoms with E-state index in [0.29, 0.717) is 37.4 Å². The fourth-order valence-electron chi connectivity index (χ4n) is 5.25. The first kappa shape index (κ1) is 30.4. The minimum atomic E-state index is -5.19. The number of halogens is 5. The van der Waals surface area contributed by atoms with Crippen molar-refractivity contribution in [2.75, 3.05) is 31.6 Å². The minimum Gasteiger partial charge on any atom is -0.542 e. The summed E-state index contributed by atoms with van der Waals surface area (Å²) >= 11 is 0. The quantitative estimate of drug-likeness (QED) is 0.417. The Morgan fingerprint density at radius 1 is 1.21 bits per heavy atom. The summed E-state index contributed by atoms with van der Waals surface area (Å²) < 4.78 is 64.5. The fraction of sp³-hybridized carbons (Fsp3) is 0.462. The highest BCUT2D eigenvalue weighted by atomic mass is 19.4. The lowest BCUT2D eigenvalue weighted by Gasteiger charge is -2.40. The summed E-state index contributed by atoms with van der Waals surface area (Å²) in [5.74, 6) is -2.37. The number of carboxylic acid groups (broad SMARTS) is 1. The molecule has 5 rings (SSSR count). The number of hydrogen-bond acceptors (Lipinski definition) is 8. The average molecular weight is 596 g/mol. The predicted molar refractivity (Wildman–Crippen MR) is 133 cm³/mol. The molecule has 3 aromatic rings. The Morgan fingerprint density at radius 3 is 2.52 bits per heavy atom. The molecule has 4 heterocycles. The van der Waals surface area contributed by atoms with Gasteiger partial charge in [0.1, 0.15) is 23.4 Å². The first-order valence-electron chi connectivity index (χ1n) is 12.8. The molecule has 0 radical (unpaired) electrons. The first-order valence-corrected chi connectivity index (χ1v) is 12.8. The largest absolute Gasteiger partial charge is 0.542 e. The van der Waals surface area contributed by atoms with E-state index < -0.39 is 18.6 Å². The number of amides is 1. The highest BCUT2D eigenvalue weighted by Gasteiger charge is 2.37. The molecule has 0 spiro atoms. The lowest BCUT2D eigenvalue weighted by atomic mass is 9.85. The number of methoxy groups -OCH3 is 1. The van der Waals surface area contributed by atoms with Gasteiger partial charge < -0.3 is 29.0 Å². The molecule has 1 amide bonds. The van der Waals surface area contributed by atoms with Crippen molar-refractivity contribution < 1.29 is 46.4 Å². The first-order chi connectivity index (χ1) is 19.8. The van der Waals surface area contributed by atoms with Gasteiger partial charge >= 0.3 is 6.18 Å². The molecular formula is C26H26F5N7O4. The number of rotatable bonds is 4. The molecule has 1 saturated heterocycles. The van der Waals surface area contributed by atoms with Crippen LogP contribution in [-0.4, -0.2) is 64.5 Å². The standard InChI is InChI=1S/C24H25F2N7O2.C2HF3O2/c1-14-12-31(21-15(10-27)11-28-19-9-16(35-2)3-4-18(19)21)6-5-17(14)24(34)32-7-8-33-20(13-32)29-30-23(33)22(25)26;3-2(4,5)1(6)7/h3-4,9,11,14,17,22H,5-8,12-13H2,1-2H3;(H,6,7)/t14-,17+;/m1./s1. The van der Waals surface area contributed by atoms with E-state index in [0.717, 1.165) is 22.3 Å². The van der Waals surface area contributed by atoms with E-state index in [9.17, 15) is 32.0 Å². The number of aromatic amines is 1. The molecule has 42 heavy (non-hydrogen) atoms. The molecular weight excluding hydrogens is 569 g/mol. The van der Waals surface area contributed by atoms with Gasteiger partial charge in [-0.25, -0.2) is 13.8 Å². The summed E-state index contributed by atoms with van der Waals surface area (Å²) in [5, 5.41) is 26.9. The molecule has 0 aliphatic carbocycles. The number of carbonyl (C=O) groups is 2. The number of pyridine rings is 1. The Hall–Kier alpha value is -4.55. The van der Waals surface area contributed by atoms with Gasteiger partial charge in [0.25, 0.3) is 6.43 Å². The number of hydrogen-bond donors (Lipinski definition) is 0. The van der Waals surface area contributed by atoms with Gasteiger partial charge in [-0.1, -0.05) is 6.92 Å². The molecule has 2 aromatic heterocycles. The number of anilines is 1. The SMILES string of the molecule is COc1ccc2c(N3CC[C@H](C(=O)N4CCn5c(nnc5C(F)F)C4)[C@H](C)C3)c(C#N)c[nH+]c2c1.O=C([O-])C(F)(F)F. The molecule has 16 heteroatoms. The minimum absolute atomic E-state index is 0.0153. The predicted octanol–water partition coefficient (Wildman–Crippen LogP) is 1.87. The number of aliphatic carboxylic acids is 1. The Kier molecular flexibility index (Phi) is 8.78. The number of aromatic nitrogens is 4. The molecule has 0 saturated carbocycles. The van der Waals surface area contributed by atoms with Crippen molar-refractivity contribution in [3.63, 3.8) is 0 Å². The number of nitrogens with zero attached hydrogens (tertiary/aromatic N) is 6. The van der Waals surface area contributed by atoms with E-state index in [1.165, 1.54) is 4.57 Å². The lowest BCUT2D eigenvalue weighted by molar-refractivity contribution is -0.345. The molecule has 2 aliphatic heterocycles. The van der Waals surface area contributed by atoms with Crippen LogP contribution >= 0.6 is 0 Å². The Morgan fingerprint density at radius 2 is 1.93 bits per heavy atom. The van der Waals surface area contributed by atoms with Crippen molar-refractivity contribution in [3.05, 3.63) is 41.6 Å². The molecule has 2 aliphatic rings. The number of nitriles is 1. The number of carbonyl (C=O) groups excluding carboxylic acids is 2. The Labute approximate surface area is 236 Å². The van der Waals surface area contributed by atoms with Crippen LogP contribution in [0.15, 0.2) is 24.4 Å². The maximum Gasteiger partial charge on any atom is 0.430 e. The van der Waals surface area contributed by atoms with Gasteiger partial charge in [0.15, 0.2) is 17.8 Å². The number of benzene rings is 1. The van der Waals surface area contributed by atoms with Crippen molar-refractivity contribution in [2.24, 2.45) is 11.8 Å². The number of alkyl halides is 5. The van der Waals surface area contributed by atoms with E-state index in [2.05, 4.69) is 26.2 Å². The number of ether oxygens (including phenoxy) is 1. The second-order valence-electron chi connectivity index (χ2n) is 9.86. The normalized spacial score (nSPS) is 18.6. The fourth-order valence-corrected chi connectivity index (χ4v) is 5.25. The monoisotopic (exact) mass is 595 g/mol. The molecule has 1 fully saturated rings. The number of nitrogens with one attached hydrogen (secondary N) is 1. The number of H-pyrrole nitrogens is 1. The third-order valence-electron chi connectivity index (χ3n) is 7.29. The second kappa shape index (κ2) is 12.1. The van der Waals surface area contributed by atoms with E-state index in [1.807, 2.05) is 25.1 Å². The van der Waals surface area contributed by atoms with Crippen LogP contribution in [0.25, 0.3) is 10.9 Å². The van der Waals surface area contributed by atoms with Crippen LogP contribution in [0.5, 0.6) is 5.75 Å². The van der Waals surface area contributed by atoms with Gasteiger partial charge in [-0.15, -0.1) is 10.2 Å². The summed E-state index contributed by atoms with van der Waals surface area (Å²) in [6.07, 6.45) is -5.54. The van der Waals surface area contributed by atoms with Crippen molar-refractivity contribution in [2.45, 2.75) is 39.0 Å². The van der Waals surface area contributed by atoms with Crippen LogP contribution in [0.1, 0.15) is 37.0 Å². The van der Waals surface area contributed by atoms with Crippen LogP contribution in [0.3, 0.4) is 0 Å². The van der Waals surface area contributed by atoms with Crippen molar-refractivity contribution in [1.82, 2.24) is 19.7 Å². The van der Waals surface area contributed by atoms with E-state index in [-0.39, 0.29) is 36.7 Å². The van der Waals surface area contributed by atoms with Gasteiger partial charge in [-0.2, -0.15) is 18.4 Å². The van der Waals surface area contributed by atoms with Crippen LogP contribution in [0.4, 0.5) is 27.6 Å². The van der Waals surface area contributed by atoms with Crippen LogP contribution in [0, 0.1) is 23.2 Å². The molecule has 224 valence electrons. The Bertz CT molecular complexity index is 1520. The third kappa shape index (κ3) is 6.19.